The van der Waals surface area contributed by atoms with Gasteiger partial charge in [-0.1, -0.05) is 29.4 Å². The van der Waals surface area contributed by atoms with Gasteiger partial charge in [0.15, 0.2) is 17.3 Å². The van der Waals surface area contributed by atoms with Crippen molar-refractivity contribution in [1.29, 1.82) is 0 Å². The summed E-state index contributed by atoms with van der Waals surface area (Å²) in [6.45, 7) is 1.76. The Morgan fingerprint density at radius 1 is 1.00 bits per heavy atom. The second-order valence-electron chi connectivity index (χ2n) is 9.71. The zero-order valence-electron chi connectivity index (χ0n) is 19.6. The number of oxime groups is 1. The van der Waals surface area contributed by atoms with Crippen molar-refractivity contribution in [1.82, 2.24) is 4.90 Å². The van der Waals surface area contributed by atoms with Crippen molar-refractivity contribution in [3.05, 3.63) is 70.3 Å². The smallest absolute Gasteiger partial charge is 0.381 e. The molecule has 2 aromatic rings. The van der Waals surface area contributed by atoms with Crippen molar-refractivity contribution < 1.29 is 54.3 Å². The van der Waals surface area contributed by atoms with Crippen molar-refractivity contribution in [2.45, 2.75) is 49.5 Å². The summed E-state index contributed by atoms with van der Waals surface area (Å²) in [5.74, 6) is -5.19. The molecule has 1 N–H and O–H groups in total. The van der Waals surface area contributed by atoms with Crippen LogP contribution in [0.3, 0.4) is 0 Å². The fraction of sp³-hybridized carbons (Fsp3) is 0.417. The Hall–Kier alpha value is -3.29. The molecule has 206 valence electrons. The molecule has 1 atom stereocenters. The minimum Gasteiger partial charge on any atom is -0.381 e. The maximum Gasteiger partial charge on any atom is 0.435 e. The number of hydrogen-bond acceptors (Lipinski definition) is 4. The van der Waals surface area contributed by atoms with Crippen LogP contribution >= 0.6 is 0 Å². The fourth-order valence-electron chi connectivity index (χ4n) is 4.32. The van der Waals surface area contributed by atoms with Crippen molar-refractivity contribution in [3.63, 3.8) is 0 Å². The number of carbonyl (C=O) groups excluding carboxylic acids is 1. The summed E-state index contributed by atoms with van der Waals surface area (Å²) in [5, 5.41) is 13.1. The molecule has 1 unspecified atom stereocenters. The standard InChI is InChI=1S/C24H19F9N2O3/c1-20(2,37)19(36)35-10-21(27,11-35)13-5-3-12(4-6-13)17-9-22(38-34-17,24(31,32)33)14-7-15(23(28,29)30)18(26)16(25)8-14/h3-8,37H,9-11H2,1-2H3. The minimum absolute atomic E-state index is 0.00542. The van der Waals surface area contributed by atoms with Gasteiger partial charge in [-0.15, -0.1) is 0 Å². The zero-order chi connectivity index (χ0) is 28.5. The van der Waals surface area contributed by atoms with Crippen LogP contribution in [0.2, 0.25) is 0 Å². The Morgan fingerprint density at radius 2 is 1.58 bits per heavy atom. The predicted molar refractivity (Wildman–Crippen MR) is 113 cm³/mol. The highest BCUT2D eigenvalue weighted by Gasteiger charge is 2.63. The molecule has 0 aliphatic carbocycles. The van der Waals surface area contributed by atoms with Crippen molar-refractivity contribution in [3.8, 4) is 0 Å². The number of amides is 1. The molecule has 1 saturated heterocycles. The Labute approximate surface area is 209 Å². The lowest BCUT2D eigenvalue weighted by molar-refractivity contribution is -0.276. The number of rotatable bonds is 4. The minimum atomic E-state index is -5.48. The van der Waals surface area contributed by atoms with Gasteiger partial charge in [0.1, 0.15) is 5.60 Å². The van der Waals surface area contributed by atoms with Crippen LogP contribution in [0.5, 0.6) is 0 Å². The molecule has 0 aromatic heterocycles. The van der Waals surface area contributed by atoms with Crippen molar-refractivity contribution in [2.75, 3.05) is 13.1 Å². The maximum absolute atomic E-state index is 15.2. The Morgan fingerprint density at radius 3 is 2.08 bits per heavy atom. The molecule has 38 heavy (non-hydrogen) atoms. The summed E-state index contributed by atoms with van der Waals surface area (Å²) in [5.41, 5.74) is -11.1. The van der Waals surface area contributed by atoms with E-state index in [4.69, 9.17) is 0 Å². The molecular formula is C24H19F9N2O3. The van der Waals surface area contributed by atoms with E-state index in [-0.39, 0.29) is 42.1 Å². The lowest BCUT2D eigenvalue weighted by Crippen LogP contribution is -2.62. The molecule has 2 aromatic carbocycles. The molecule has 0 bridgehead atoms. The van der Waals surface area contributed by atoms with E-state index in [9.17, 15) is 45.0 Å². The average Bonchev–Trinajstić information content (AvgIpc) is 3.24. The van der Waals surface area contributed by atoms with Crippen LogP contribution in [-0.2, 0) is 27.1 Å². The van der Waals surface area contributed by atoms with E-state index in [1.807, 2.05) is 0 Å². The highest BCUT2D eigenvalue weighted by Crippen LogP contribution is 2.50. The van der Waals surface area contributed by atoms with Gasteiger partial charge in [0.05, 0.1) is 24.4 Å². The van der Waals surface area contributed by atoms with Gasteiger partial charge in [0, 0.05) is 12.0 Å². The summed E-state index contributed by atoms with van der Waals surface area (Å²) in [6, 6.07) is 4.69. The van der Waals surface area contributed by atoms with Gasteiger partial charge in [-0.05, 0) is 37.1 Å². The number of nitrogens with zero attached hydrogens (tertiary/aromatic N) is 2. The first-order valence-corrected chi connectivity index (χ1v) is 11.0. The third kappa shape index (κ3) is 4.58. The molecule has 0 radical (unpaired) electrons. The van der Waals surface area contributed by atoms with E-state index >= 15 is 4.39 Å². The zero-order valence-corrected chi connectivity index (χ0v) is 19.6. The molecule has 0 spiro atoms. The molecule has 1 fully saturated rings. The van der Waals surface area contributed by atoms with E-state index < -0.39 is 64.3 Å². The molecule has 4 rings (SSSR count). The quantitative estimate of drug-likeness (QED) is 0.519. The van der Waals surface area contributed by atoms with Crippen LogP contribution in [0.1, 0.15) is 42.5 Å². The fourth-order valence-corrected chi connectivity index (χ4v) is 4.32. The van der Waals surface area contributed by atoms with Crippen molar-refractivity contribution >= 4 is 11.6 Å². The van der Waals surface area contributed by atoms with Gasteiger partial charge >= 0.3 is 12.4 Å². The molecule has 2 aliphatic rings. The van der Waals surface area contributed by atoms with Gasteiger partial charge in [-0.2, -0.15) is 26.3 Å². The van der Waals surface area contributed by atoms with Gasteiger partial charge in [0.2, 0.25) is 0 Å². The third-order valence-electron chi connectivity index (χ3n) is 6.41. The van der Waals surface area contributed by atoms with E-state index in [1.165, 1.54) is 38.1 Å². The average molecular weight is 554 g/mol. The van der Waals surface area contributed by atoms with E-state index in [0.717, 1.165) is 4.90 Å². The molecule has 5 nitrogen and oxygen atoms in total. The second kappa shape index (κ2) is 8.61. The largest absolute Gasteiger partial charge is 0.435 e. The molecule has 2 heterocycles. The summed E-state index contributed by atoms with van der Waals surface area (Å²) in [7, 11) is 0. The topological polar surface area (TPSA) is 62.1 Å². The van der Waals surface area contributed by atoms with Crippen LogP contribution < -0.4 is 0 Å². The second-order valence-corrected chi connectivity index (χ2v) is 9.71. The number of likely N-dealkylation sites (tertiary alicyclic amines) is 1. The molecule has 14 heteroatoms. The molecule has 1 amide bonds. The summed E-state index contributed by atoms with van der Waals surface area (Å²) >= 11 is 0. The first-order valence-electron chi connectivity index (χ1n) is 11.0. The normalized spacial score (nSPS) is 21.6. The number of aliphatic hydroxyl groups is 1. The lowest BCUT2D eigenvalue weighted by atomic mass is 9.84. The molecule has 0 saturated carbocycles. The van der Waals surface area contributed by atoms with Gasteiger partial charge in [-0.3, -0.25) is 4.79 Å². The maximum atomic E-state index is 15.2. The summed E-state index contributed by atoms with van der Waals surface area (Å²) in [6.07, 6.45) is -12.0. The third-order valence-corrected chi connectivity index (χ3v) is 6.41. The van der Waals surface area contributed by atoms with Crippen LogP contribution in [-0.4, -0.2) is 46.5 Å². The molecule has 2 aliphatic heterocycles. The van der Waals surface area contributed by atoms with Gasteiger partial charge in [-0.25, -0.2) is 13.2 Å². The van der Waals surface area contributed by atoms with Gasteiger partial charge < -0.3 is 14.8 Å². The Bertz CT molecular complexity index is 1290. The predicted octanol–water partition coefficient (Wildman–Crippen LogP) is 5.34. The number of carbonyl (C=O) groups is 1. The van der Waals surface area contributed by atoms with Crippen LogP contribution in [0.4, 0.5) is 39.5 Å². The van der Waals surface area contributed by atoms with Crippen molar-refractivity contribution in [2.24, 2.45) is 5.16 Å². The number of hydrogen-bond donors (Lipinski definition) is 1. The summed E-state index contributed by atoms with van der Waals surface area (Å²) in [4.78, 5) is 17.7. The number of benzene rings is 2. The van der Waals surface area contributed by atoms with E-state index in [1.54, 1.807) is 0 Å². The number of halogens is 9. The number of alkyl halides is 7. The first kappa shape index (κ1) is 27.7. The molecular weight excluding hydrogens is 535 g/mol. The SMILES string of the molecule is CC(C)(O)C(=O)N1CC(F)(c2ccc(C3=NOC(c4cc(F)c(F)c(C(F)(F)F)c4)(C(F)(F)F)C3)cc2)C1. The van der Waals surface area contributed by atoms with E-state index in [0.29, 0.717) is 0 Å². The van der Waals surface area contributed by atoms with Crippen LogP contribution in [0, 0.1) is 11.6 Å². The van der Waals surface area contributed by atoms with Gasteiger partial charge in [0.25, 0.3) is 11.5 Å². The van der Waals surface area contributed by atoms with Crippen LogP contribution in [0.15, 0.2) is 41.6 Å². The highest BCUT2D eigenvalue weighted by molar-refractivity contribution is 6.02. The first-order chi connectivity index (χ1) is 17.3. The summed E-state index contributed by atoms with van der Waals surface area (Å²) < 4.78 is 125. The van der Waals surface area contributed by atoms with E-state index in [2.05, 4.69) is 9.99 Å². The highest BCUT2D eigenvalue weighted by atomic mass is 19.4. The Balaban J connectivity index is 1.59. The van der Waals surface area contributed by atoms with Crippen LogP contribution in [0.25, 0.3) is 0 Å². The lowest BCUT2D eigenvalue weighted by Gasteiger charge is -2.46. The monoisotopic (exact) mass is 554 g/mol. The Kier molecular flexibility index (Phi) is 6.29.